The molecule has 0 aromatic heterocycles. The highest BCUT2D eigenvalue weighted by Gasteiger charge is 2.61. The normalized spacial score (nSPS) is 47.4. The van der Waals surface area contributed by atoms with Gasteiger partial charge in [-0.2, -0.15) is 0 Å². The van der Waals surface area contributed by atoms with E-state index >= 15 is 0 Å². The first-order valence-electron chi connectivity index (χ1n) is 6.96. The molecule has 3 fully saturated rings. The van der Waals surface area contributed by atoms with E-state index in [1.165, 1.54) is 32.1 Å². The zero-order chi connectivity index (χ0) is 11.3. The molecular weight excluding hydrogens is 180 g/mol. The average Bonchev–Trinajstić information content (AvgIpc) is 2.17. The van der Waals surface area contributed by atoms with Crippen LogP contribution in [0.4, 0.5) is 0 Å². The molecule has 2 bridgehead atoms. The van der Waals surface area contributed by atoms with Gasteiger partial charge in [0.25, 0.3) is 0 Å². The molecule has 0 N–H and O–H groups in total. The fourth-order valence-electron chi connectivity index (χ4n) is 4.98. The Morgan fingerprint density at radius 1 is 1.07 bits per heavy atom. The van der Waals surface area contributed by atoms with Gasteiger partial charge in [0.15, 0.2) is 0 Å². The van der Waals surface area contributed by atoms with Gasteiger partial charge in [0.1, 0.15) is 0 Å². The highest BCUT2D eigenvalue weighted by Crippen LogP contribution is 2.69. The summed E-state index contributed by atoms with van der Waals surface area (Å²) in [7, 11) is 0. The molecular formula is C15H28. The fourth-order valence-corrected chi connectivity index (χ4v) is 4.98. The highest BCUT2D eigenvalue weighted by molar-refractivity contribution is 5.10. The zero-order valence-electron chi connectivity index (χ0n) is 11.3. The highest BCUT2D eigenvalue weighted by atomic mass is 14.7. The van der Waals surface area contributed by atoms with E-state index in [4.69, 9.17) is 0 Å². The van der Waals surface area contributed by atoms with Crippen LogP contribution in [0, 0.1) is 28.6 Å². The van der Waals surface area contributed by atoms with Gasteiger partial charge in [-0.15, -0.1) is 0 Å². The quantitative estimate of drug-likeness (QED) is 0.620. The predicted octanol–water partition coefficient (Wildman–Crippen LogP) is 4.89. The summed E-state index contributed by atoms with van der Waals surface area (Å²) < 4.78 is 0. The molecule has 3 aliphatic carbocycles. The van der Waals surface area contributed by atoms with Crippen LogP contribution in [0.3, 0.4) is 0 Å². The summed E-state index contributed by atoms with van der Waals surface area (Å²) in [5, 5.41) is 0. The van der Waals surface area contributed by atoms with Gasteiger partial charge in [-0.3, -0.25) is 0 Å². The molecule has 3 aliphatic rings. The number of hydrogen-bond donors (Lipinski definition) is 0. The van der Waals surface area contributed by atoms with Crippen molar-refractivity contribution in [1.29, 1.82) is 0 Å². The molecule has 0 heteroatoms. The number of fused-ring (bicyclic) bond motifs is 2. The molecule has 88 valence electrons. The maximum Gasteiger partial charge on any atom is -0.0264 e. The lowest BCUT2D eigenvalue weighted by atomic mass is 9.37. The van der Waals surface area contributed by atoms with Gasteiger partial charge in [0.2, 0.25) is 0 Å². The molecule has 0 saturated heterocycles. The molecule has 0 heterocycles. The minimum Gasteiger partial charge on any atom is -0.0654 e. The van der Waals surface area contributed by atoms with Gasteiger partial charge in [-0.25, -0.2) is 0 Å². The third-order valence-electron chi connectivity index (χ3n) is 6.05. The number of rotatable bonds is 3. The molecule has 0 aromatic carbocycles. The molecule has 15 heavy (non-hydrogen) atoms. The van der Waals surface area contributed by atoms with Crippen molar-refractivity contribution in [1.82, 2.24) is 0 Å². The van der Waals surface area contributed by atoms with Crippen molar-refractivity contribution in [3.05, 3.63) is 0 Å². The lowest BCUT2D eigenvalue weighted by Gasteiger charge is -2.67. The van der Waals surface area contributed by atoms with Crippen molar-refractivity contribution in [2.24, 2.45) is 28.6 Å². The molecule has 0 nitrogen and oxygen atoms in total. The molecule has 0 aromatic rings. The fraction of sp³-hybridized carbons (Fsp3) is 1.00. The summed E-state index contributed by atoms with van der Waals surface area (Å²) in [6.07, 6.45) is 7.26. The SMILES string of the molecule is CCC[C@]1(C)[C@H](CC)C[C@@H]2C[C@H]1C2(C)C. The van der Waals surface area contributed by atoms with Crippen LogP contribution in [0.2, 0.25) is 0 Å². The van der Waals surface area contributed by atoms with E-state index < -0.39 is 0 Å². The van der Waals surface area contributed by atoms with E-state index in [0.717, 1.165) is 17.8 Å². The van der Waals surface area contributed by atoms with Crippen molar-refractivity contribution in [3.63, 3.8) is 0 Å². The van der Waals surface area contributed by atoms with Gasteiger partial charge in [0.05, 0.1) is 0 Å². The second kappa shape index (κ2) is 3.50. The first-order chi connectivity index (χ1) is 6.96. The van der Waals surface area contributed by atoms with Crippen molar-refractivity contribution in [2.45, 2.75) is 66.7 Å². The van der Waals surface area contributed by atoms with Crippen LogP contribution >= 0.6 is 0 Å². The lowest BCUT2D eigenvalue weighted by Crippen LogP contribution is -2.60. The minimum atomic E-state index is 0.648. The van der Waals surface area contributed by atoms with E-state index in [-0.39, 0.29) is 0 Å². The van der Waals surface area contributed by atoms with Crippen LogP contribution in [-0.4, -0.2) is 0 Å². The topological polar surface area (TPSA) is 0 Å². The Bertz CT molecular complexity index is 240. The first kappa shape index (κ1) is 11.5. The second-order valence-corrected chi connectivity index (χ2v) is 6.90. The van der Waals surface area contributed by atoms with Crippen LogP contribution in [-0.2, 0) is 0 Å². The van der Waals surface area contributed by atoms with Gasteiger partial charge in [-0.05, 0) is 47.8 Å². The monoisotopic (exact) mass is 208 g/mol. The zero-order valence-corrected chi connectivity index (χ0v) is 11.3. The predicted molar refractivity (Wildman–Crippen MR) is 66.8 cm³/mol. The van der Waals surface area contributed by atoms with Crippen LogP contribution in [0.5, 0.6) is 0 Å². The van der Waals surface area contributed by atoms with Gasteiger partial charge < -0.3 is 0 Å². The van der Waals surface area contributed by atoms with E-state index in [1.54, 1.807) is 0 Å². The van der Waals surface area contributed by atoms with E-state index in [1.807, 2.05) is 0 Å². The lowest BCUT2D eigenvalue weighted by molar-refractivity contribution is -0.186. The molecule has 3 saturated carbocycles. The average molecular weight is 208 g/mol. The Balaban J connectivity index is 2.23. The molecule has 0 radical (unpaired) electrons. The van der Waals surface area contributed by atoms with Crippen LogP contribution in [0.1, 0.15) is 66.7 Å². The summed E-state index contributed by atoms with van der Waals surface area (Å²) in [5.74, 6) is 3.06. The van der Waals surface area contributed by atoms with Crippen molar-refractivity contribution in [2.75, 3.05) is 0 Å². The Kier molecular flexibility index (Phi) is 2.68. The Morgan fingerprint density at radius 3 is 2.20 bits per heavy atom. The third-order valence-corrected chi connectivity index (χ3v) is 6.05. The smallest absolute Gasteiger partial charge is 0.0264 e. The Labute approximate surface area is 95.8 Å². The van der Waals surface area contributed by atoms with Crippen LogP contribution in [0.15, 0.2) is 0 Å². The van der Waals surface area contributed by atoms with E-state index in [9.17, 15) is 0 Å². The van der Waals surface area contributed by atoms with Crippen molar-refractivity contribution in [3.8, 4) is 0 Å². The van der Waals surface area contributed by atoms with E-state index in [0.29, 0.717) is 10.8 Å². The largest absolute Gasteiger partial charge is 0.0654 e. The molecule has 0 amide bonds. The van der Waals surface area contributed by atoms with Gasteiger partial charge in [0, 0.05) is 0 Å². The van der Waals surface area contributed by atoms with Crippen LogP contribution in [0.25, 0.3) is 0 Å². The summed E-state index contributed by atoms with van der Waals surface area (Å²) in [6, 6.07) is 0. The summed E-state index contributed by atoms with van der Waals surface area (Å²) in [6.45, 7) is 12.4. The maximum absolute atomic E-state index is 2.59. The van der Waals surface area contributed by atoms with Gasteiger partial charge in [-0.1, -0.05) is 47.5 Å². The first-order valence-corrected chi connectivity index (χ1v) is 6.96. The minimum absolute atomic E-state index is 0.648. The molecule has 0 unspecified atom stereocenters. The summed E-state index contributed by atoms with van der Waals surface area (Å²) >= 11 is 0. The molecule has 3 rings (SSSR count). The molecule has 4 atom stereocenters. The van der Waals surface area contributed by atoms with Gasteiger partial charge >= 0.3 is 0 Å². The van der Waals surface area contributed by atoms with Crippen molar-refractivity contribution < 1.29 is 0 Å². The van der Waals surface area contributed by atoms with Crippen molar-refractivity contribution >= 4 is 0 Å². The molecule has 0 spiro atoms. The number of hydrogen-bond acceptors (Lipinski definition) is 0. The third kappa shape index (κ3) is 1.40. The molecule has 0 aliphatic heterocycles. The van der Waals surface area contributed by atoms with E-state index in [2.05, 4.69) is 34.6 Å². The Morgan fingerprint density at radius 2 is 1.73 bits per heavy atom. The van der Waals surface area contributed by atoms with Crippen LogP contribution < -0.4 is 0 Å². The standard InChI is InChI=1S/C15H28/c1-6-8-15(5)11(7-2)9-12-10-13(15)14(12,3)4/h11-13H,6-10H2,1-5H3/t11-,12-,13+,15-/m1/s1. The Hall–Kier alpha value is 0. The summed E-state index contributed by atoms with van der Waals surface area (Å²) in [4.78, 5) is 0. The maximum atomic E-state index is 2.59. The summed E-state index contributed by atoms with van der Waals surface area (Å²) in [5.41, 5.74) is 1.30. The second-order valence-electron chi connectivity index (χ2n) is 6.90.